The number of carbonyl (C=O) groups excluding carboxylic acids is 1. The molecule has 0 aliphatic carbocycles. The van der Waals surface area contributed by atoms with Crippen LogP contribution in [0.3, 0.4) is 0 Å². The van der Waals surface area contributed by atoms with Gasteiger partial charge in [-0.15, -0.1) is 0 Å². The first-order valence-corrected chi connectivity index (χ1v) is 6.15. The third-order valence-electron chi connectivity index (χ3n) is 3.41. The van der Waals surface area contributed by atoms with Crippen LogP contribution in [0.25, 0.3) is 0 Å². The Labute approximate surface area is 101 Å². The summed E-state index contributed by atoms with van der Waals surface area (Å²) in [5.74, 6) is 0.495. The standard InChI is InChI=1S/C13H16ClNO/c1-3-8(4-2)12-10-7-9(14)5-6-11(10)15-13(12)16/h5-8,12H,3-4H2,1-2H3,(H,15,16). The lowest BCUT2D eigenvalue weighted by Crippen LogP contribution is -2.20. The third-order valence-corrected chi connectivity index (χ3v) is 3.64. The van der Waals surface area contributed by atoms with Crippen LogP contribution in [0.1, 0.15) is 38.2 Å². The number of anilines is 1. The molecule has 1 N–H and O–H groups in total. The zero-order valence-corrected chi connectivity index (χ0v) is 10.3. The van der Waals surface area contributed by atoms with E-state index in [-0.39, 0.29) is 11.8 Å². The number of rotatable bonds is 3. The maximum absolute atomic E-state index is 11.9. The van der Waals surface area contributed by atoms with Crippen LogP contribution >= 0.6 is 11.6 Å². The second-order valence-corrected chi connectivity index (χ2v) is 4.71. The van der Waals surface area contributed by atoms with Crippen molar-refractivity contribution in [2.45, 2.75) is 32.6 Å². The first-order chi connectivity index (χ1) is 7.67. The van der Waals surface area contributed by atoms with Crippen molar-refractivity contribution < 1.29 is 4.79 Å². The summed E-state index contributed by atoms with van der Waals surface area (Å²) in [6, 6.07) is 5.62. The number of amides is 1. The van der Waals surface area contributed by atoms with E-state index >= 15 is 0 Å². The van der Waals surface area contributed by atoms with E-state index in [9.17, 15) is 4.79 Å². The van der Waals surface area contributed by atoms with E-state index in [1.165, 1.54) is 0 Å². The summed E-state index contributed by atoms with van der Waals surface area (Å²) in [5.41, 5.74) is 1.98. The zero-order valence-electron chi connectivity index (χ0n) is 9.59. The summed E-state index contributed by atoms with van der Waals surface area (Å²) in [5, 5.41) is 3.63. The molecule has 0 saturated heterocycles. The van der Waals surface area contributed by atoms with Crippen LogP contribution in [0.15, 0.2) is 18.2 Å². The predicted molar refractivity (Wildman–Crippen MR) is 66.9 cm³/mol. The van der Waals surface area contributed by atoms with Gasteiger partial charge in [-0.3, -0.25) is 4.79 Å². The van der Waals surface area contributed by atoms with Gasteiger partial charge in [0.2, 0.25) is 5.91 Å². The van der Waals surface area contributed by atoms with Gasteiger partial charge in [-0.2, -0.15) is 0 Å². The van der Waals surface area contributed by atoms with Gasteiger partial charge in [0, 0.05) is 10.7 Å². The molecule has 1 aliphatic heterocycles. The summed E-state index contributed by atoms with van der Waals surface area (Å²) in [4.78, 5) is 11.9. The molecule has 16 heavy (non-hydrogen) atoms. The molecule has 0 radical (unpaired) electrons. The molecule has 1 amide bonds. The van der Waals surface area contributed by atoms with Crippen molar-refractivity contribution in [1.82, 2.24) is 0 Å². The van der Waals surface area contributed by atoms with E-state index < -0.39 is 0 Å². The van der Waals surface area contributed by atoms with E-state index in [1.54, 1.807) is 0 Å². The normalized spacial score (nSPS) is 18.8. The van der Waals surface area contributed by atoms with Gasteiger partial charge in [0.25, 0.3) is 0 Å². The van der Waals surface area contributed by atoms with Crippen LogP contribution in [0, 0.1) is 5.92 Å². The van der Waals surface area contributed by atoms with Crippen molar-refractivity contribution in [2.75, 3.05) is 5.32 Å². The maximum Gasteiger partial charge on any atom is 0.232 e. The minimum absolute atomic E-state index is 0.0244. The highest BCUT2D eigenvalue weighted by atomic mass is 35.5. The van der Waals surface area contributed by atoms with E-state index in [2.05, 4.69) is 19.2 Å². The van der Waals surface area contributed by atoms with Crippen molar-refractivity contribution in [1.29, 1.82) is 0 Å². The van der Waals surface area contributed by atoms with Gasteiger partial charge < -0.3 is 5.32 Å². The van der Waals surface area contributed by atoms with Crippen LogP contribution in [0.4, 0.5) is 5.69 Å². The molecule has 3 heteroatoms. The topological polar surface area (TPSA) is 29.1 Å². The lowest BCUT2D eigenvalue weighted by Gasteiger charge is -2.19. The van der Waals surface area contributed by atoms with Gasteiger partial charge in [0.05, 0.1) is 5.92 Å². The highest BCUT2D eigenvalue weighted by molar-refractivity contribution is 6.31. The molecule has 1 atom stereocenters. The first-order valence-electron chi connectivity index (χ1n) is 5.77. The molecule has 1 aliphatic rings. The van der Waals surface area contributed by atoms with Gasteiger partial charge in [-0.05, 0) is 29.7 Å². The molecule has 0 saturated carbocycles. The number of benzene rings is 1. The van der Waals surface area contributed by atoms with Crippen LogP contribution < -0.4 is 5.32 Å². The second kappa shape index (κ2) is 4.46. The fraction of sp³-hybridized carbons (Fsp3) is 0.462. The Morgan fingerprint density at radius 1 is 1.38 bits per heavy atom. The van der Waals surface area contributed by atoms with Gasteiger partial charge in [-0.1, -0.05) is 38.3 Å². The van der Waals surface area contributed by atoms with Gasteiger partial charge in [0.15, 0.2) is 0 Å². The molecule has 1 heterocycles. The van der Waals surface area contributed by atoms with Gasteiger partial charge >= 0.3 is 0 Å². The summed E-state index contributed by atoms with van der Waals surface area (Å²) in [7, 11) is 0. The molecule has 1 unspecified atom stereocenters. The maximum atomic E-state index is 11.9. The van der Waals surface area contributed by atoms with Crippen molar-refractivity contribution in [3.8, 4) is 0 Å². The Hall–Kier alpha value is -1.02. The quantitative estimate of drug-likeness (QED) is 0.851. The Morgan fingerprint density at radius 3 is 2.69 bits per heavy atom. The Morgan fingerprint density at radius 2 is 2.06 bits per heavy atom. The predicted octanol–water partition coefficient (Wildman–Crippen LogP) is 3.81. The average molecular weight is 238 g/mol. The number of carbonyl (C=O) groups is 1. The molecular formula is C13H16ClNO. The van der Waals surface area contributed by atoms with Crippen molar-refractivity contribution in [2.24, 2.45) is 5.92 Å². The average Bonchev–Trinajstić information content (AvgIpc) is 2.58. The fourth-order valence-electron chi connectivity index (χ4n) is 2.48. The van der Waals surface area contributed by atoms with Crippen LogP contribution in [0.5, 0.6) is 0 Å². The lowest BCUT2D eigenvalue weighted by molar-refractivity contribution is -0.118. The molecule has 86 valence electrons. The monoisotopic (exact) mass is 237 g/mol. The van der Waals surface area contributed by atoms with Crippen molar-refractivity contribution in [3.63, 3.8) is 0 Å². The molecule has 2 rings (SSSR count). The molecular weight excluding hydrogens is 222 g/mol. The molecule has 0 aromatic heterocycles. The highest BCUT2D eigenvalue weighted by Gasteiger charge is 2.35. The zero-order chi connectivity index (χ0) is 11.7. The van der Waals surface area contributed by atoms with Crippen LogP contribution in [-0.4, -0.2) is 5.91 Å². The highest BCUT2D eigenvalue weighted by Crippen LogP contribution is 2.40. The number of hydrogen-bond donors (Lipinski definition) is 1. The lowest BCUT2D eigenvalue weighted by atomic mass is 9.83. The summed E-state index contributed by atoms with van der Waals surface area (Å²) < 4.78 is 0. The number of halogens is 1. The molecule has 1 aromatic rings. The van der Waals surface area contributed by atoms with Gasteiger partial charge in [-0.25, -0.2) is 0 Å². The van der Waals surface area contributed by atoms with E-state index in [0.29, 0.717) is 10.9 Å². The minimum atomic E-state index is -0.0244. The molecule has 2 nitrogen and oxygen atoms in total. The van der Waals surface area contributed by atoms with Crippen LogP contribution in [0.2, 0.25) is 5.02 Å². The first kappa shape index (κ1) is 11.5. The van der Waals surface area contributed by atoms with E-state index in [4.69, 9.17) is 11.6 Å². The Balaban J connectivity index is 2.41. The van der Waals surface area contributed by atoms with Crippen molar-refractivity contribution >= 4 is 23.2 Å². The SMILES string of the molecule is CCC(CC)C1C(=O)Nc2ccc(Cl)cc21. The van der Waals surface area contributed by atoms with E-state index in [0.717, 1.165) is 24.1 Å². The van der Waals surface area contributed by atoms with Crippen molar-refractivity contribution in [3.05, 3.63) is 28.8 Å². The summed E-state index contributed by atoms with van der Waals surface area (Å²) in [6.07, 6.45) is 2.03. The fourth-order valence-corrected chi connectivity index (χ4v) is 2.67. The summed E-state index contributed by atoms with van der Waals surface area (Å²) in [6.45, 7) is 4.26. The number of nitrogens with one attached hydrogen (secondary N) is 1. The van der Waals surface area contributed by atoms with Gasteiger partial charge in [0.1, 0.15) is 0 Å². The molecule has 0 bridgehead atoms. The number of hydrogen-bond acceptors (Lipinski definition) is 1. The smallest absolute Gasteiger partial charge is 0.232 e. The second-order valence-electron chi connectivity index (χ2n) is 4.28. The third kappa shape index (κ3) is 1.82. The van der Waals surface area contributed by atoms with E-state index in [1.807, 2.05) is 18.2 Å². The largest absolute Gasteiger partial charge is 0.325 e. The molecule has 0 fully saturated rings. The Kier molecular flexibility index (Phi) is 3.20. The Bertz CT molecular complexity index is 412. The minimum Gasteiger partial charge on any atom is -0.325 e. The van der Waals surface area contributed by atoms with Crippen LogP contribution in [-0.2, 0) is 4.79 Å². The number of fused-ring (bicyclic) bond motifs is 1. The molecule has 1 aromatic carbocycles. The molecule has 0 spiro atoms. The summed E-state index contributed by atoms with van der Waals surface area (Å²) >= 11 is 5.99.